The fourth-order valence-electron chi connectivity index (χ4n) is 2.71. The molecule has 2 heterocycles. The van der Waals surface area contributed by atoms with Crippen molar-refractivity contribution in [2.75, 3.05) is 13.2 Å². The van der Waals surface area contributed by atoms with Gasteiger partial charge in [-0.05, 0) is 30.8 Å². The molecule has 2 aromatic rings. The maximum Gasteiger partial charge on any atom is 0.326 e. The number of nitrogens with zero attached hydrogens (tertiary/aromatic N) is 3. The number of thioether (sulfide) groups is 1. The summed E-state index contributed by atoms with van der Waals surface area (Å²) in [6, 6.07) is 9.60. The van der Waals surface area contributed by atoms with Gasteiger partial charge in [-0.1, -0.05) is 18.2 Å². The fourth-order valence-corrected chi connectivity index (χ4v) is 3.54. The van der Waals surface area contributed by atoms with Gasteiger partial charge in [-0.3, -0.25) is 19.3 Å². The van der Waals surface area contributed by atoms with Gasteiger partial charge in [0.15, 0.2) is 0 Å². The second kappa shape index (κ2) is 7.45. The van der Waals surface area contributed by atoms with Crippen LogP contribution in [0.3, 0.4) is 0 Å². The van der Waals surface area contributed by atoms with Crippen molar-refractivity contribution in [2.45, 2.75) is 13.5 Å². The van der Waals surface area contributed by atoms with Crippen LogP contribution in [0.2, 0.25) is 0 Å². The number of hydrogen-bond donors (Lipinski definition) is 0. The predicted molar refractivity (Wildman–Crippen MR) is 96.9 cm³/mol. The van der Waals surface area contributed by atoms with Crippen molar-refractivity contribution >= 4 is 45.9 Å². The van der Waals surface area contributed by atoms with Crippen LogP contribution in [-0.4, -0.2) is 39.7 Å². The summed E-state index contributed by atoms with van der Waals surface area (Å²) in [6.07, 6.45) is 3.39. The van der Waals surface area contributed by atoms with Crippen LogP contribution in [0.1, 0.15) is 12.5 Å². The van der Waals surface area contributed by atoms with E-state index in [1.54, 1.807) is 23.8 Å². The summed E-state index contributed by atoms with van der Waals surface area (Å²) in [7, 11) is 0. The van der Waals surface area contributed by atoms with E-state index in [9.17, 15) is 14.4 Å². The highest BCUT2D eigenvalue weighted by molar-refractivity contribution is 8.18. The third-order valence-electron chi connectivity index (χ3n) is 3.81. The Hall–Kier alpha value is -3.05. The molecule has 8 heteroatoms. The number of fused-ring (bicyclic) bond motifs is 1. The third kappa shape index (κ3) is 3.34. The molecule has 1 fully saturated rings. The number of hydrogen-bond acceptors (Lipinski definition) is 6. The number of nitriles is 1. The molecule has 26 heavy (non-hydrogen) atoms. The van der Waals surface area contributed by atoms with E-state index in [1.807, 2.05) is 24.3 Å². The van der Waals surface area contributed by atoms with Crippen molar-refractivity contribution in [1.82, 2.24) is 9.47 Å². The smallest absolute Gasteiger partial charge is 0.326 e. The summed E-state index contributed by atoms with van der Waals surface area (Å²) in [4.78, 5) is 37.2. The molecular weight excluding hydrogens is 354 g/mol. The van der Waals surface area contributed by atoms with Crippen molar-refractivity contribution in [2.24, 2.45) is 0 Å². The first-order chi connectivity index (χ1) is 12.5. The minimum Gasteiger partial charge on any atom is -0.465 e. The Balaban J connectivity index is 1.93. The molecule has 0 bridgehead atoms. The maximum absolute atomic E-state index is 12.5. The van der Waals surface area contributed by atoms with Gasteiger partial charge >= 0.3 is 5.97 Å². The van der Waals surface area contributed by atoms with Gasteiger partial charge in [0.05, 0.1) is 17.6 Å². The molecule has 1 saturated heterocycles. The highest BCUT2D eigenvalue weighted by atomic mass is 32.2. The summed E-state index contributed by atoms with van der Waals surface area (Å²) in [5, 5.41) is 9.34. The molecule has 1 aliphatic heterocycles. The predicted octanol–water partition coefficient (Wildman–Crippen LogP) is 2.76. The second-order valence-corrected chi connectivity index (χ2v) is 6.45. The Morgan fingerprint density at radius 1 is 1.35 bits per heavy atom. The first kappa shape index (κ1) is 17.8. The average molecular weight is 369 g/mol. The lowest BCUT2D eigenvalue weighted by atomic mass is 10.1. The monoisotopic (exact) mass is 369 g/mol. The van der Waals surface area contributed by atoms with Crippen LogP contribution in [-0.2, 0) is 20.9 Å². The zero-order valence-electron chi connectivity index (χ0n) is 14.0. The van der Waals surface area contributed by atoms with Gasteiger partial charge in [-0.2, -0.15) is 5.26 Å². The van der Waals surface area contributed by atoms with Crippen LogP contribution in [0.15, 0.2) is 35.4 Å². The second-order valence-electron chi connectivity index (χ2n) is 5.46. The zero-order chi connectivity index (χ0) is 18.7. The number of imide groups is 1. The van der Waals surface area contributed by atoms with E-state index < -0.39 is 23.7 Å². The van der Waals surface area contributed by atoms with E-state index in [1.165, 1.54) is 0 Å². The molecule has 0 aliphatic carbocycles. The molecule has 3 rings (SSSR count). The summed E-state index contributed by atoms with van der Waals surface area (Å²) < 4.78 is 6.58. The number of carbonyl (C=O) groups excluding carboxylic acids is 3. The maximum atomic E-state index is 12.5. The summed E-state index contributed by atoms with van der Waals surface area (Å²) in [6.45, 7) is 1.62. The molecule has 1 aromatic carbocycles. The number of benzene rings is 1. The van der Waals surface area contributed by atoms with Gasteiger partial charge in [0.1, 0.15) is 13.1 Å². The number of esters is 1. The Morgan fingerprint density at radius 2 is 2.12 bits per heavy atom. The molecule has 0 spiro atoms. The highest BCUT2D eigenvalue weighted by Gasteiger charge is 2.36. The Morgan fingerprint density at radius 3 is 2.85 bits per heavy atom. The molecule has 0 atom stereocenters. The molecular formula is C18H15N3O4S. The normalized spacial score (nSPS) is 15.7. The molecule has 132 valence electrons. The lowest BCUT2D eigenvalue weighted by Gasteiger charge is -2.10. The van der Waals surface area contributed by atoms with Crippen LogP contribution < -0.4 is 0 Å². The molecule has 1 aromatic heterocycles. The standard InChI is InChI=1S/C18H15N3O4S/c1-2-25-16(22)11-21-17(23)15(26-18(21)24)9-12-10-20(8-7-19)14-6-4-3-5-13(12)14/h3-6,9-10H,2,8,11H2,1H3. The lowest BCUT2D eigenvalue weighted by molar-refractivity contribution is -0.145. The first-order valence-corrected chi connectivity index (χ1v) is 8.72. The Kier molecular flexibility index (Phi) is 5.09. The van der Waals surface area contributed by atoms with Gasteiger partial charge in [0, 0.05) is 22.7 Å². The highest BCUT2D eigenvalue weighted by Crippen LogP contribution is 2.34. The number of ether oxygens (including phenoxy) is 1. The average Bonchev–Trinajstić information content (AvgIpc) is 3.09. The Bertz CT molecular complexity index is 970. The third-order valence-corrected chi connectivity index (χ3v) is 4.72. The molecule has 0 saturated carbocycles. The van der Waals surface area contributed by atoms with Gasteiger partial charge in [0.2, 0.25) is 0 Å². The molecule has 1 aliphatic rings. The first-order valence-electron chi connectivity index (χ1n) is 7.91. The van der Waals surface area contributed by atoms with Crippen LogP contribution in [0.25, 0.3) is 17.0 Å². The summed E-state index contributed by atoms with van der Waals surface area (Å²) in [5.41, 5.74) is 1.60. The van der Waals surface area contributed by atoms with Crippen molar-refractivity contribution < 1.29 is 19.1 Å². The van der Waals surface area contributed by atoms with E-state index in [2.05, 4.69) is 6.07 Å². The largest absolute Gasteiger partial charge is 0.465 e. The van der Waals surface area contributed by atoms with Crippen molar-refractivity contribution in [3.63, 3.8) is 0 Å². The molecule has 0 N–H and O–H groups in total. The minimum absolute atomic E-state index is 0.179. The Labute approximate surface area is 153 Å². The van der Waals surface area contributed by atoms with Gasteiger partial charge in [-0.15, -0.1) is 0 Å². The fraction of sp³-hybridized carbons (Fsp3) is 0.222. The van der Waals surface area contributed by atoms with Crippen LogP contribution >= 0.6 is 11.8 Å². The molecule has 2 amide bonds. The quantitative estimate of drug-likeness (QED) is 0.594. The van der Waals surface area contributed by atoms with E-state index in [0.717, 1.165) is 33.1 Å². The van der Waals surface area contributed by atoms with E-state index in [4.69, 9.17) is 10.00 Å². The van der Waals surface area contributed by atoms with Crippen LogP contribution in [0.5, 0.6) is 0 Å². The topological polar surface area (TPSA) is 92.4 Å². The molecule has 7 nitrogen and oxygen atoms in total. The van der Waals surface area contributed by atoms with Crippen molar-refractivity contribution in [3.8, 4) is 6.07 Å². The van der Waals surface area contributed by atoms with E-state index in [0.29, 0.717) is 0 Å². The SMILES string of the molecule is CCOC(=O)CN1C(=O)SC(=Cc2cn(CC#N)c3ccccc23)C1=O. The zero-order valence-corrected chi connectivity index (χ0v) is 14.8. The van der Waals surface area contributed by atoms with Crippen molar-refractivity contribution in [3.05, 3.63) is 40.9 Å². The van der Waals surface area contributed by atoms with Gasteiger partial charge in [0.25, 0.3) is 11.1 Å². The van der Waals surface area contributed by atoms with Crippen molar-refractivity contribution in [1.29, 1.82) is 5.26 Å². The van der Waals surface area contributed by atoms with E-state index >= 15 is 0 Å². The van der Waals surface area contributed by atoms with Crippen LogP contribution in [0.4, 0.5) is 4.79 Å². The molecule has 0 radical (unpaired) electrons. The summed E-state index contributed by atoms with van der Waals surface area (Å²) >= 11 is 0.784. The van der Waals surface area contributed by atoms with Gasteiger partial charge in [-0.25, -0.2) is 0 Å². The lowest BCUT2D eigenvalue weighted by Crippen LogP contribution is -2.34. The minimum atomic E-state index is -0.623. The summed E-state index contributed by atoms with van der Waals surface area (Å²) in [5.74, 6) is -1.15. The van der Waals surface area contributed by atoms with Gasteiger partial charge < -0.3 is 9.30 Å². The number of carbonyl (C=O) groups is 3. The number of amides is 2. The number of para-hydroxylation sites is 1. The number of rotatable bonds is 5. The number of aromatic nitrogens is 1. The molecule has 0 unspecified atom stereocenters. The van der Waals surface area contributed by atoms with E-state index in [-0.39, 0.29) is 18.1 Å². The van der Waals surface area contributed by atoms with Crippen LogP contribution in [0, 0.1) is 11.3 Å².